The molecule has 29 heavy (non-hydrogen) atoms. The lowest BCUT2D eigenvalue weighted by molar-refractivity contribution is -0.122. The van der Waals surface area contributed by atoms with Crippen molar-refractivity contribution in [2.24, 2.45) is 5.92 Å². The number of carbonyl (C=O) groups is 2. The summed E-state index contributed by atoms with van der Waals surface area (Å²) >= 11 is 0. The fraction of sp³-hybridized carbons (Fsp3) is 0.417. The van der Waals surface area contributed by atoms with E-state index in [1.165, 1.54) is 0 Å². The number of benzene rings is 2. The summed E-state index contributed by atoms with van der Waals surface area (Å²) in [7, 11) is 0. The van der Waals surface area contributed by atoms with E-state index >= 15 is 0 Å². The lowest BCUT2D eigenvalue weighted by atomic mass is 10.0. The zero-order chi connectivity index (χ0) is 21.0. The molecule has 2 amide bonds. The number of carbonyl (C=O) groups excluding carboxylic acids is 2. The molecular weight excluding hydrogens is 364 g/mol. The molecule has 154 valence electrons. The third kappa shape index (κ3) is 4.78. The Morgan fingerprint density at radius 1 is 1.10 bits per heavy atom. The van der Waals surface area contributed by atoms with Crippen molar-refractivity contribution in [1.29, 1.82) is 0 Å². The second kappa shape index (κ2) is 9.12. The molecular formula is C24H30N2O3. The first-order chi connectivity index (χ1) is 13.9. The number of nitrogens with one attached hydrogen (secondary N) is 1. The SMILES string of the molecule is CCc1cccc(CC)c1NC(=O)C1CC(=O)N(c2ccc(OC(C)C)cc2)C1. The number of nitrogens with zero attached hydrogens (tertiary/aromatic N) is 1. The molecule has 1 aliphatic heterocycles. The lowest BCUT2D eigenvalue weighted by Crippen LogP contribution is -2.28. The minimum absolute atomic E-state index is 0.0258. The standard InChI is InChI=1S/C24H30N2O3/c1-5-17-8-7-9-18(6-2)23(17)25-24(28)19-14-22(27)26(15-19)20-10-12-21(13-11-20)29-16(3)4/h7-13,16,19H,5-6,14-15H2,1-4H3,(H,25,28). The van der Waals surface area contributed by atoms with E-state index in [2.05, 4.69) is 19.2 Å². The van der Waals surface area contributed by atoms with Gasteiger partial charge in [0.25, 0.3) is 0 Å². The number of anilines is 2. The molecule has 1 unspecified atom stereocenters. The molecule has 0 aliphatic carbocycles. The van der Waals surface area contributed by atoms with Crippen LogP contribution in [0.4, 0.5) is 11.4 Å². The normalized spacial score (nSPS) is 16.4. The summed E-state index contributed by atoms with van der Waals surface area (Å²) in [4.78, 5) is 27.2. The third-order valence-electron chi connectivity index (χ3n) is 5.26. The van der Waals surface area contributed by atoms with Gasteiger partial charge in [0.2, 0.25) is 11.8 Å². The molecule has 1 fully saturated rings. The molecule has 0 bridgehead atoms. The molecule has 1 aliphatic rings. The minimum Gasteiger partial charge on any atom is -0.491 e. The average molecular weight is 395 g/mol. The molecule has 0 spiro atoms. The predicted octanol–water partition coefficient (Wildman–Crippen LogP) is 4.59. The highest BCUT2D eigenvalue weighted by Gasteiger charge is 2.35. The highest BCUT2D eigenvalue weighted by Crippen LogP contribution is 2.29. The summed E-state index contributed by atoms with van der Waals surface area (Å²) in [6.45, 7) is 8.50. The molecule has 0 saturated carbocycles. The number of para-hydroxylation sites is 1. The summed E-state index contributed by atoms with van der Waals surface area (Å²) < 4.78 is 5.66. The van der Waals surface area contributed by atoms with Crippen molar-refractivity contribution in [3.63, 3.8) is 0 Å². The zero-order valence-corrected chi connectivity index (χ0v) is 17.7. The summed E-state index contributed by atoms with van der Waals surface area (Å²) in [5.41, 5.74) is 3.95. The van der Waals surface area contributed by atoms with Crippen molar-refractivity contribution in [2.75, 3.05) is 16.8 Å². The summed E-state index contributed by atoms with van der Waals surface area (Å²) in [6, 6.07) is 13.6. The maximum absolute atomic E-state index is 12.9. The van der Waals surface area contributed by atoms with Crippen LogP contribution in [-0.4, -0.2) is 24.5 Å². The molecule has 5 heteroatoms. The average Bonchev–Trinajstić information content (AvgIpc) is 3.10. The van der Waals surface area contributed by atoms with E-state index in [9.17, 15) is 9.59 Å². The van der Waals surface area contributed by atoms with E-state index in [1.807, 2.05) is 56.3 Å². The molecule has 5 nitrogen and oxygen atoms in total. The van der Waals surface area contributed by atoms with Gasteiger partial charge < -0.3 is 15.0 Å². The van der Waals surface area contributed by atoms with Crippen LogP contribution in [0.3, 0.4) is 0 Å². The van der Waals surface area contributed by atoms with E-state index < -0.39 is 0 Å². The Bertz CT molecular complexity index is 852. The van der Waals surface area contributed by atoms with Crippen molar-refractivity contribution in [1.82, 2.24) is 0 Å². The van der Waals surface area contributed by atoms with Gasteiger partial charge in [-0.15, -0.1) is 0 Å². The minimum atomic E-state index is -0.358. The topological polar surface area (TPSA) is 58.6 Å². The number of hydrogen-bond acceptors (Lipinski definition) is 3. The molecule has 1 heterocycles. The largest absolute Gasteiger partial charge is 0.491 e. The van der Waals surface area contributed by atoms with Crippen LogP contribution in [0.15, 0.2) is 42.5 Å². The van der Waals surface area contributed by atoms with Gasteiger partial charge in [0.1, 0.15) is 5.75 Å². The lowest BCUT2D eigenvalue weighted by Gasteiger charge is -2.19. The van der Waals surface area contributed by atoms with Gasteiger partial charge in [0.15, 0.2) is 0 Å². The van der Waals surface area contributed by atoms with Gasteiger partial charge >= 0.3 is 0 Å². The Balaban J connectivity index is 1.71. The van der Waals surface area contributed by atoms with Crippen LogP contribution in [0, 0.1) is 5.92 Å². The predicted molar refractivity (Wildman–Crippen MR) is 116 cm³/mol. The quantitative estimate of drug-likeness (QED) is 0.747. The van der Waals surface area contributed by atoms with Gasteiger partial charge in [-0.2, -0.15) is 0 Å². The van der Waals surface area contributed by atoms with Gasteiger partial charge in [0, 0.05) is 24.3 Å². The smallest absolute Gasteiger partial charge is 0.229 e. The van der Waals surface area contributed by atoms with Gasteiger partial charge in [-0.1, -0.05) is 32.0 Å². The van der Waals surface area contributed by atoms with Crippen molar-refractivity contribution in [3.8, 4) is 5.75 Å². The van der Waals surface area contributed by atoms with Gasteiger partial charge in [-0.3, -0.25) is 9.59 Å². The van der Waals surface area contributed by atoms with Gasteiger partial charge in [-0.25, -0.2) is 0 Å². The van der Waals surface area contributed by atoms with Crippen LogP contribution in [0.5, 0.6) is 5.75 Å². The third-order valence-corrected chi connectivity index (χ3v) is 5.26. The van der Waals surface area contributed by atoms with Crippen LogP contribution >= 0.6 is 0 Å². The van der Waals surface area contributed by atoms with Crippen LogP contribution in [0.2, 0.25) is 0 Å². The number of ether oxygens (including phenoxy) is 1. The molecule has 3 rings (SSSR count). The van der Waals surface area contributed by atoms with E-state index in [0.29, 0.717) is 6.54 Å². The van der Waals surface area contributed by atoms with Crippen molar-refractivity contribution in [3.05, 3.63) is 53.6 Å². The maximum Gasteiger partial charge on any atom is 0.229 e. The van der Waals surface area contributed by atoms with Crippen LogP contribution in [0.25, 0.3) is 0 Å². The van der Waals surface area contributed by atoms with E-state index in [-0.39, 0.29) is 30.3 Å². The second-order valence-electron chi connectivity index (χ2n) is 7.71. The van der Waals surface area contributed by atoms with E-state index in [4.69, 9.17) is 4.74 Å². The van der Waals surface area contributed by atoms with Gasteiger partial charge in [0.05, 0.1) is 12.0 Å². The molecule has 1 N–H and O–H groups in total. The van der Waals surface area contributed by atoms with Crippen molar-refractivity contribution < 1.29 is 14.3 Å². The second-order valence-corrected chi connectivity index (χ2v) is 7.71. The van der Waals surface area contributed by atoms with E-state index in [0.717, 1.165) is 41.1 Å². The number of aryl methyl sites for hydroxylation is 2. The Morgan fingerprint density at radius 3 is 2.28 bits per heavy atom. The number of hydrogen-bond donors (Lipinski definition) is 1. The fourth-order valence-electron chi connectivity index (χ4n) is 3.74. The van der Waals surface area contributed by atoms with Gasteiger partial charge in [-0.05, 0) is 62.1 Å². The Kier molecular flexibility index (Phi) is 6.57. The highest BCUT2D eigenvalue weighted by atomic mass is 16.5. The fourth-order valence-corrected chi connectivity index (χ4v) is 3.74. The van der Waals surface area contributed by atoms with Crippen LogP contribution in [-0.2, 0) is 22.4 Å². The van der Waals surface area contributed by atoms with Crippen molar-refractivity contribution in [2.45, 2.75) is 53.1 Å². The number of rotatable bonds is 7. The first-order valence-electron chi connectivity index (χ1n) is 10.4. The Morgan fingerprint density at radius 2 is 1.72 bits per heavy atom. The number of amides is 2. The van der Waals surface area contributed by atoms with Crippen molar-refractivity contribution >= 4 is 23.2 Å². The molecule has 1 atom stereocenters. The molecule has 1 saturated heterocycles. The molecule has 0 aromatic heterocycles. The maximum atomic E-state index is 12.9. The Labute approximate surface area is 173 Å². The summed E-state index contributed by atoms with van der Waals surface area (Å²) in [5.74, 6) is 0.301. The summed E-state index contributed by atoms with van der Waals surface area (Å²) in [6.07, 6.45) is 2.03. The highest BCUT2D eigenvalue weighted by molar-refractivity contribution is 6.04. The zero-order valence-electron chi connectivity index (χ0n) is 17.7. The molecule has 2 aromatic rings. The van der Waals surface area contributed by atoms with Crippen LogP contribution < -0.4 is 15.0 Å². The first kappa shape index (κ1) is 20.9. The summed E-state index contributed by atoms with van der Waals surface area (Å²) in [5, 5.41) is 3.11. The Hall–Kier alpha value is -2.82. The molecule has 2 aromatic carbocycles. The monoisotopic (exact) mass is 394 g/mol. The van der Waals surface area contributed by atoms with E-state index in [1.54, 1.807) is 4.90 Å². The van der Waals surface area contributed by atoms with Crippen LogP contribution in [0.1, 0.15) is 45.2 Å². The molecule has 0 radical (unpaired) electrons. The first-order valence-corrected chi connectivity index (χ1v) is 10.4.